The molecule has 0 radical (unpaired) electrons. The van der Waals surface area contributed by atoms with Gasteiger partial charge in [-0.1, -0.05) is 55.7 Å². The highest BCUT2D eigenvalue weighted by atomic mass is 79.9. The molecule has 1 heterocycles. The van der Waals surface area contributed by atoms with Gasteiger partial charge in [0.05, 0.1) is 12.5 Å². The zero-order chi connectivity index (χ0) is 17.7. The molecule has 0 saturated heterocycles. The third-order valence-electron chi connectivity index (χ3n) is 4.49. The van der Waals surface area contributed by atoms with Crippen LogP contribution in [0.5, 0.6) is 0 Å². The summed E-state index contributed by atoms with van der Waals surface area (Å²) in [5.74, 6) is -0.303. The van der Waals surface area contributed by atoms with E-state index in [0.717, 1.165) is 24.9 Å². The van der Waals surface area contributed by atoms with Crippen molar-refractivity contribution in [3.63, 3.8) is 0 Å². The first-order valence-electron chi connectivity index (χ1n) is 9.43. The molecule has 1 atom stereocenters. The number of benzene rings is 1. The minimum atomic E-state index is -0.184. The molecular weight excluding hydrogens is 390 g/mol. The second-order valence-corrected chi connectivity index (χ2v) is 6.53. The van der Waals surface area contributed by atoms with Gasteiger partial charge in [-0.05, 0) is 25.3 Å². The molecule has 0 amide bonds. The van der Waals surface area contributed by atoms with Crippen molar-refractivity contribution in [1.82, 2.24) is 0 Å². The number of hydrogen-bond donors (Lipinski definition) is 0. The van der Waals surface area contributed by atoms with Gasteiger partial charge >= 0.3 is 5.97 Å². The number of ether oxygens (including phenoxy) is 1. The first kappa shape index (κ1) is 22.4. The van der Waals surface area contributed by atoms with E-state index in [1.54, 1.807) is 0 Å². The van der Waals surface area contributed by atoms with Gasteiger partial charge < -0.3 is 21.7 Å². The number of carbonyl (C=O) groups excluding carboxylic acids is 1. The van der Waals surface area contributed by atoms with Crippen LogP contribution in [0.15, 0.2) is 60.9 Å². The number of esters is 1. The average molecular weight is 420 g/mol. The highest BCUT2D eigenvalue weighted by Gasteiger charge is 2.15. The maximum atomic E-state index is 12.0. The number of nitrogens with zero attached hydrogens (tertiary/aromatic N) is 1. The van der Waals surface area contributed by atoms with E-state index in [4.69, 9.17) is 4.74 Å². The van der Waals surface area contributed by atoms with E-state index in [-0.39, 0.29) is 28.9 Å². The summed E-state index contributed by atoms with van der Waals surface area (Å²) in [5, 5.41) is 0. The Kier molecular flexibility index (Phi) is 11.6. The van der Waals surface area contributed by atoms with Crippen molar-refractivity contribution in [2.75, 3.05) is 6.61 Å². The molecule has 0 spiro atoms. The van der Waals surface area contributed by atoms with E-state index in [1.165, 1.54) is 25.7 Å². The molecule has 0 aliphatic heterocycles. The van der Waals surface area contributed by atoms with Crippen molar-refractivity contribution in [2.45, 2.75) is 57.9 Å². The van der Waals surface area contributed by atoms with Crippen LogP contribution < -0.4 is 21.5 Å². The van der Waals surface area contributed by atoms with Gasteiger partial charge in [-0.3, -0.25) is 4.79 Å². The summed E-state index contributed by atoms with van der Waals surface area (Å²) in [7, 11) is 0. The number of halogens is 1. The molecular formula is C22H30BrNO2. The lowest BCUT2D eigenvalue weighted by molar-refractivity contribution is -0.697. The van der Waals surface area contributed by atoms with Crippen LogP contribution >= 0.6 is 0 Å². The molecule has 0 fully saturated rings. The Balaban J connectivity index is 0.00000338. The minimum absolute atomic E-state index is 0. The summed E-state index contributed by atoms with van der Waals surface area (Å²) in [5.41, 5.74) is 1.02. The highest BCUT2D eigenvalue weighted by Crippen LogP contribution is 2.16. The second kappa shape index (κ2) is 13.5. The molecule has 3 nitrogen and oxygen atoms in total. The first-order valence-corrected chi connectivity index (χ1v) is 9.43. The number of unbranched alkanes of at least 4 members (excludes halogenated alkanes) is 5. The zero-order valence-electron chi connectivity index (χ0n) is 15.6. The fourth-order valence-electron chi connectivity index (χ4n) is 2.86. The lowest BCUT2D eigenvalue weighted by atomic mass is 10.0. The largest absolute Gasteiger partial charge is 1.00 e. The third-order valence-corrected chi connectivity index (χ3v) is 4.49. The van der Waals surface area contributed by atoms with Crippen molar-refractivity contribution < 1.29 is 31.1 Å². The number of aromatic nitrogens is 1. The SMILES string of the molecule is C[C@@H](C(=O)OCCCCCCCC[n+]1ccccc1)c1ccccc1.[Br-]. The van der Waals surface area contributed by atoms with Gasteiger partial charge in [0, 0.05) is 18.6 Å². The van der Waals surface area contributed by atoms with Crippen molar-refractivity contribution >= 4 is 5.97 Å². The quantitative estimate of drug-likeness (QED) is 0.315. The molecule has 2 aromatic rings. The Hall–Kier alpha value is -1.68. The second-order valence-electron chi connectivity index (χ2n) is 6.53. The summed E-state index contributed by atoms with van der Waals surface area (Å²) in [6, 6.07) is 16.0. The number of hydrogen-bond acceptors (Lipinski definition) is 2. The van der Waals surface area contributed by atoms with Crippen LogP contribution in [0.25, 0.3) is 0 Å². The molecule has 142 valence electrons. The van der Waals surface area contributed by atoms with Gasteiger partial charge in [0.25, 0.3) is 0 Å². The van der Waals surface area contributed by atoms with Crippen LogP contribution in [0, 0.1) is 0 Å². The van der Waals surface area contributed by atoms with Crippen molar-refractivity contribution in [2.24, 2.45) is 0 Å². The Morgan fingerprint density at radius 1 is 0.885 bits per heavy atom. The smallest absolute Gasteiger partial charge is 0.313 e. The number of rotatable bonds is 11. The molecule has 0 saturated carbocycles. The van der Waals surface area contributed by atoms with Gasteiger partial charge in [0.15, 0.2) is 12.4 Å². The van der Waals surface area contributed by atoms with E-state index in [2.05, 4.69) is 29.1 Å². The molecule has 0 bridgehead atoms. The Labute approximate surface area is 168 Å². The number of carbonyl (C=O) groups is 1. The minimum Gasteiger partial charge on any atom is -1.00 e. The van der Waals surface area contributed by atoms with Crippen LogP contribution in [0.2, 0.25) is 0 Å². The average Bonchev–Trinajstić information content (AvgIpc) is 2.67. The summed E-state index contributed by atoms with van der Waals surface area (Å²) < 4.78 is 7.63. The first-order chi connectivity index (χ1) is 12.3. The van der Waals surface area contributed by atoms with Crippen molar-refractivity contribution in [3.05, 3.63) is 66.5 Å². The van der Waals surface area contributed by atoms with E-state index >= 15 is 0 Å². The van der Waals surface area contributed by atoms with Gasteiger partial charge in [0.2, 0.25) is 0 Å². The summed E-state index contributed by atoms with van der Waals surface area (Å²) >= 11 is 0. The molecule has 4 heteroatoms. The zero-order valence-corrected chi connectivity index (χ0v) is 17.2. The summed E-state index contributed by atoms with van der Waals surface area (Å²) in [6.45, 7) is 3.54. The van der Waals surface area contributed by atoms with Crippen molar-refractivity contribution in [1.29, 1.82) is 0 Å². The van der Waals surface area contributed by atoms with Crippen LogP contribution in [0.1, 0.15) is 56.9 Å². The fourth-order valence-corrected chi connectivity index (χ4v) is 2.86. The lowest BCUT2D eigenvalue weighted by Crippen LogP contribution is -3.00. The Morgan fingerprint density at radius 2 is 1.46 bits per heavy atom. The fraction of sp³-hybridized carbons (Fsp3) is 0.455. The van der Waals surface area contributed by atoms with Crippen LogP contribution in [-0.2, 0) is 16.1 Å². The molecule has 0 aliphatic carbocycles. The van der Waals surface area contributed by atoms with Gasteiger partial charge in [0.1, 0.15) is 6.54 Å². The molecule has 0 N–H and O–H groups in total. The molecule has 1 aromatic heterocycles. The summed E-state index contributed by atoms with van der Waals surface area (Å²) in [4.78, 5) is 12.0. The molecule has 0 aliphatic rings. The van der Waals surface area contributed by atoms with E-state index in [0.29, 0.717) is 6.61 Å². The summed E-state index contributed by atoms with van der Waals surface area (Å²) in [6.07, 6.45) is 11.3. The van der Waals surface area contributed by atoms with Crippen LogP contribution in [0.4, 0.5) is 0 Å². The molecule has 0 unspecified atom stereocenters. The number of aryl methyl sites for hydroxylation is 1. The normalized spacial score (nSPS) is 11.4. The van der Waals surface area contributed by atoms with E-state index < -0.39 is 0 Å². The topological polar surface area (TPSA) is 30.2 Å². The standard InChI is InChI=1S/C22H30NO2.BrH/c1-20(21-14-8-6-9-15-21)22(24)25-19-13-5-3-2-4-10-16-23-17-11-7-12-18-23;/h6-9,11-12,14-15,17-18,20H,2-5,10,13,16,19H2,1H3;1H/q+1;/p-1/t20-;/m1./s1. The van der Waals surface area contributed by atoms with E-state index in [1.807, 2.05) is 43.3 Å². The van der Waals surface area contributed by atoms with Crippen LogP contribution in [0.3, 0.4) is 0 Å². The maximum Gasteiger partial charge on any atom is 0.313 e. The van der Waals surface area contributed by atoms with Gasteiger partial charge in [-0.15, -0.1) is 0 Å². The Bertz CT molecular complexity index is 604. The molecule has 2 rings (SSSR count). The molecule has 1 aromatic carbocycles. The predicted molar refractivity (Wildman–Crippen MR) is 100 cm³/mol. The lowest BCUT2D eigenvalue weighted by Gasteiger charge is -2.11. The third kappa shape index (κ3) is 8.61. The molecule has 26 heavy (non-hydrogen) atoms. The Morgan fingerprint density at radius 3 is 2.15 bits per heavy atom. The van der Waals surface area contributed by atoms with Gasteiger partial charge in [-0.25, -0.2) is 4.57 Å². The maximum absolute atomic E-state index is 12.0. The predicted octanol–water partition coefficient (Wildman–Crippen LogP) is 1.67. The van der Waals surface area contributed by atoms with E-state index in [9.17, 15) is 4.79 Å². The van der Waals surface area contributed by atoms with Crippen molar-refractivity contribution in [3.8, 4) is 0 Å². The highest BCUT2D eigenvalue weighted by molar-refractivity contribution is 5.77. The van der Waals surface area contributed by atoms with Gasteiger partial charge in [-0.2, -0.15) is 0 Å². The monoisotopic (exact) mass is 419 g/mol. The number of pyridine rings is 1. The van der Waals surface area contributed by atoms with Crippen LogP contribution in [-0.4, -0.2) is 12.6 Å².